The molecule has 0 spiro atoms. The Labute approximate surface area is 157 Å². The zero-order valence-corrected chi connectivity index (χ0v) is 15.7. The van der Waals surface area contributed by atoms with Crippen LogP contribution >= 0.6 is 0 Å². The number of para-hydroxylation sites is 1. The van der Waals surface area contributed by atoms with Gasteiger partial charge in [0, 0.05) is 6.20 Å². The third-order valence-electron chi connectivity index (χ3n) is 3.66. The molecule has 27 heavy (non-hydrogen) atoms. The first kappa shape index (κ1) is 20.2. The summed E-state index contributed by atoms with van der Waals surface area (Å²) in [7, 11) is 2.41. The second-order valence-electron chi connectivity index (χ2n) is 6.11. The zero-order valence-electron chi connectivity index (χ0n) is 15.7. The molecule has 0 fully saturated rings. The quantitative estimate of drug-likeness (QED) is 0.711. The maximum atomic E-state index is 14.5. The predicted octanol–water partition coefficient (Wildman–Crippen LogP) is 3.35. The average Bonchev–Trinajstić information content (AvgIpc) is 2.88. The number of carbonyl (C=O) groups excluding carboxylic acids is 2. The van der Waals surface area contributed by atoms with Crippen LogP contribution in [-0.2, 0) is 19.1 Å². The van der Waals surface area contributed by atoms with Crippen molar-refractivity contribution < 1.29 is 28.2 Å². The molecule has 1 aliphatic rings. The van der Waals surface area contributed by atoms with Gasteiger partial charge >= 0.3 is 11.9 Å². The summed E-state index contributed by atoms with van der Waals surface area (Å²) in [6.07, 6.45) is 6.14. The summed E-state index contributed by atoms with van der Waals surface area (Å²) < 4.78 is 29.7. The van der Waals surface area contributed by atoms with Crippen molar-refractivity contribution in [3.63, 3.8) is 0 Å². The van der Waals surface area contributed by atoms with Crippen LogP contribution in [0.1, 0.15) is 13.8 Å². The number of anilines is 1. The van der Waals surface area contributed by atoms with Gasteiger partial charge in [-0.3, -0.25) is 0 Å². The fourth-order valence-electron chi connectivity index (χ4n) is 2.43. The van der Waals surface area contributed by atoms with Crippen molar-refractivity contribution in [1.29, 1.82) is 0 Å². The van der Waals surface area contributed by atoms with E-state index >= 15 is 0 Å². The summed E-state index contributed by atoms with van der Waals surface area (Å²) in [6, 6.07) is 4.35. The Balaban J connectivity index is 2.66. The summed E-state index contributed by atoms with van der Waals surface area (Å²) >= 11 is 0. The summed E-state index contributed by atoms with van der Waals surface area (Å²) in [6.45, 7) is 4.15. The van der Waals surface area contributed by atoms with E-state index in [4.69, 9.17) is 14.2 Å². The van der Waals surface area contributed by atoms with E-state index in [0.29, 0.717) is 0 Å². The van der Waals surface area contributed by atoms with Crippen molar-refractivity contribution in [1.82, 2.24) is 0 Å². The minimum Gasteiger partial charge on any atom is -0.488 e. The molecule has 0 bridgehead atoms. The molecule has 0 radical (unpaired) electrons. The fraction of sp³-hybridized carbons (Fsp3) is 0.300. The molecular formula is C20H22FNO5. The van der Waals surface area contributed by atoms with Crippen LogP contribution in [0.25, 0.3) is 0 Å². The van der Waals surface area contributed by atoms with Crippen LogP contribution in [0, 0.1) is 11.7 Å². The molecule has 7 heteroatoms. The second kappa shape index (κ2) is 9.02. The largest absolute Gasteiger partial charge is 0.488 e. The molecule has 6 nitrogen and oxygen atoms in total. The summed E-state index contributed by atoms with van der Waals surface area (Å²) in [5.41, 5.74) is 0.139. The highest BCUT2D eigenvalue weighted by molar-refractivity contribution is 6.05. The van der Waals surface area contributed by atoms with Gasteiger partial charge in [0.2, 0.25) is 0 Å². The molecule has 0 aromatic heterocycles. The van der Waals surface area contributed by atoms with Crippen LogP contribution in [0.2, 0.25) is 0 Å². The van der Waals surface area contributed by atoms with Crippen molar-refractivity contribution in [3.05, 3.63) is 59.7 Å². The van der Waals surface area contributed by atoms with Crippen LogP contribution in [0.4, 0.5) is 10.1 Å². The maximum absolute atomic E-state index is 14.5. The first-order chi connectivity index (χ1) is 12.9. The van der Waals surface area contributed by atoms with Gasteiger partial charge in [-0.2, -0.15) is 0 Å². The summed E-state index contributed by atoms with van der Waals surface area (Å²) in [4.78, 5) is 26.0. The molecule has 0 amide bonds. The van der Waals surface area contributed by atoms with E-state index in [1.807, 2.05) is 13.8 Å². The minimum atomic E-state index is -0.773. The number of hydrogen-bond acceptors (Lipinski definition) is 6. The SMILES string of the molecule is COC(=O)C1=C(C(=O)OC)N(c2cccc(F)c2OCC(C)C)C=CC=C1. The number of ether oxygens (including phenoxy) is 3. The lowest BCUT2D eigenvalue weighted by Gasteiger charge is -2.25. The number of halogens is 1. The van der Waals surface area contributed by atoms with E-state index in [-0.39, 0.29) is 35.2 Å². The van der Waals surface area contributed by atoms with Crippen LogP contribution in [0.3, 0.4) is 0 Å². The van der Waals surface area contributed by atoms with Crippen molar-refractivity contribution >= 4 is 17.6 Å². The van der Waals surface area contributed by atoms with Gasteiger partial charge in [-0.05, 0) is 30.2 Å². The van der Waals surface area contributed by atoms with E-state index in [2.05, 4.69) is 0 Å². The van der Waals surface area contributed by atoms with Crippen molar-refractivity contribution in [2.75, 3.05) is 25.7 Å². The van der Waals surface area contributed by atoms with Crippen molar-refractivity contribution in [3.8, 4) is 5.75 Å². The van der Waals surface area contributed by atoms with Crippen LogP contribution in [0.5, 0.6) is 5.75 Å². The molecule has 0 aliphatic carbocycles. The lowest BCUT2D eigenvalue weighted by molar-refractivity contribution is -0.139. The van der Waals surface area contributed by atoms with Gasteiger partial charge in [0.05, 0.1) is 32.1 Å². The Hall–Kier alpha value is -3.09. The number of carbonyl (C=O) groups is 2. The third kappa shape index (κ3) is 4.55. The molecule has 144 valence electrons. The molecule has 1 heterocycles. The number of hydrogen-bond donors (Lipinski definition) is 0. The van der Waals surface area contributed by atoms with Gasteiger partial charge < -0.3 is 19.1 Å². The van der Waals surface area contributed by atoms with E-state index < -0.39 is 17.8 Å². The van der Waals surface area contributed by atoms with Gasteiger partial charge in [0.1, 0.15) is 5.70 Å². The average molecular weight is 375 g/mol. The number of methoxy groups -OCH3 is 2. The predicted molar refractivity (Wildman–Crippen MR) is 98.6 cm³/mol. The Bertz CT molecular complexity index is 811. The molecule has 0 atom stereocenters. The Morgan fingerprint density at radius 2 is 1.81 bits per heavy atom. The standard InChI is InChI=1S/C20H22FNO5/c1-13(2)12-27-18-15(21)9-7-10-16(18)22-11-6-5-8-14(19(23)25-3)17(22)20(24)26-4/h5-11,13H,12H2,1-4H3. The van der Waals surface area contributed by atoms with Gasteiger partial charge in [-0.1, -0.05) is 26.0 Å². The normalized spacial score (nSPS) is 13.6. The van der Waals surface area contributed by atoms with E-state index in [1.165, 1.54) is 43.5 Å². The number of benzene rings is 1. The van der Waals surface area contributed by atoms with Crippen LogP contribution in [-0.4, -0.2) is 32.8 Å². The van der Waals surface area contributed by atoms with Crippen molar-refractivity contribution in [2.45, 2.75) is 13.8 Å². The molecule has 0 saturated carbocycles. The maximum Gasteiger partial charge on any atom is 0.355 e. The zero-order chi connectivity index (χ0) is 20.0. The van der Waals surface area contributed by atoms with Gasteiger partial charge in [0.25, 0.3) is 0 Å². The number of esters is 2. The number of allylic oxidation sites excluding steroid dienone is 2. The molecule has 1 aromatic carbocycles. The first-order valence-corrected chi connectivity index (χ1v) is 8.37. The minimum absolute atomic E-state index is 0.0200. The van der Waals surface area contributed by atoms with Gasteiger partial charge in [-0.15, -0.1) is 0 Å². The summed E-state index contributed by atoms with van der Waals surface area (Å²) in [5.74, 6) is -1.93. The monoisotopic (exact) mass is 375 g/mol. The van der Waals surface area contributed by atoms with Crippen molar-refractivity contribution in [2.24, 2.45) is 5.92 Å². The molecule has 0 N–H and O–H groups in total. The highest BCUT2D eigenvalue weighted by atomic mass is 19.1. The Kier molecular flexibility index (Phi) is 6.76. The summed E-state index contributed by atoms with van der Waals surface area (Å²) in [5, 5.41) is 0. The topological polar surface area (TPSA) is 65.1 Å². The number of rotatable bonds is 6. The van der Waals surface area contributed by atoms with E-state index in [0.717, 1.165) is 0 Å². The Morgan fingerprint density at radius 1 is 1.11 bits per heavy atom. The molecule has 0 unspecified atom stereocenters. The molecular weight excluding hydrogens is 353 g/mol. The third-order valence-corrected chi connectivity index (χ3v) is 3.66. The first-order valence-electron chi connectivity index (χ1n) is 8.37. The Morgan fingerprint density at radius 3 is 2.44 bits per heavy atom. The van der Waals surface area contributed by atoms with Crippen LogP contribution < -0.4 is 9.64 Å². The molecule has 0 saturated heterocycles. The number of nitrogens with zero attached hydrogens (tertiary/aromatic N) is 1. The van der Waals surface area contributed by atoms with E-state index in [1.54, 1.807) is 18.2 Å². The molecule has 2 rings (SSSR count). The second-order valence-corrected chi connectivity index (χ2v) is 6.11. The molecule has 1 aliphatic heterocycles. The van der Waals surface area contributed by atoms with Gasteiger partial charge in [0.15, 0.2) is 11.6 Å². The van der Waals surface area contributed by atoms with Crippen LogP contribution in [0.15, 0.2) is 53.9 Å². The molecule has 1 aromatic rings. The van der Waals surface area contributed by atoms with E-state index in [9.17, 15) is 14.0 Å². The van der Waals surface area contributed by atoms with Gasteiger partial charge in [-0.25, -0.2) is 14.0 Å². The lowest BCUT2D eigenvalue weighted by atomic mass is 10.1. The lowest BCUT2D eigenvalue weighted by Crippen LogP contribution is -2.27. The highest BCUT2D eigenvalue weighted by Gasteiger charge is 2.29. The highest BCUT2D eigenvalue weighted by Crippen LogP contribution is 2.36. The smallest absolute Gasteiger partial charge is 0.355 e. The fourth-order valence-corrected chi connectivity index (χ4v) is 2.43.